The first-order chi connectivity index (χ1) is 12.7. The van der Waals surface area contributed by atoms with Crippen LogP contribution in [0.1, 0.15) is 39.4 Å². The quantitative estimate of drug-likeness (QED) is 0.615. The second kappa shape index (κ2) is 5.91. The molecule has 0 unspecified atom stereocenters. The van der Waals surface area contributed by atoms with Gasteiger partial charge in [0.05, 0.1) is 11.1 Å². The minimum atomic E-state index is -0.123. The summed E-state index contributed by atoms with van der Waals surface area (Å²) in [5, 5.41) is 0. The van der Waals surface area contributed by atoms with Crippen LogP contribution in [0.3, 0.4) is 0 Å². The Balaban J connectivity index is 1.34. The van der Waals surface area contributed by atoms with Crippen LogP contribution in [-0.2, 0) is 6.42 Å². The molecular weight excluding hydrogens is 346 g/mol. The largest absolute Gasteiger partial charge is 0.271 e. The molecule has 2 saturated carbocycles. The Kier molecular flexibility index (Phi) is 3.64. The fourth-order valence-electron chi connectivity index (χ4n) is 4.71. The van der Waals surface area contributed by atoms with Crippen molar-refractivity contribution >= 4 is 23.6 Å². The molecule has 2 aliphatic carbocycles. The van der Waals surface area contributed by atoms with E-state index in [9.17, 15) is 9.59 Å². The van der Waals surface area contributed by atoms with Crippen LogP contribution in [0.4, 0.5) is 0 Å². The number of benzene rings is 1. The van der Waals surface area contributed by atoms with Crippen molar-refractivity contribution in [2.24, 2.45) is 17.8 Å². The highest BCUT2D eigenvalue weighted by atomic mass is 32.2. The highest BCUT2D eigenvalue weighted by molar-refractivity contribution is 7.98. The third-order valence-electron chi connectivity index (χ3n) is 6.05. The van der Waals surface area contributed by atoms with E-state index in [1.807, 2.05) is 30.8 Å². The van der Waals surface area contributed by atoms with Gasteiger partial charge in [0.25, 0.3) is 11.8 Å². The van der Waals surface area contributed by atoms with Gasteiger partial charge < -0.3 is 0 Å². The van der Waals surface area contributed by atoms with Gasteiger partial charge in [-0.3, -0.25) is 14.5 Å². The summed E-state index contributed by atoms with van der Waals surface area (Å²) in [5.74, 6) is 2.11. The first-order valence-corrected chi connectivity index (χ1v) is 10.2. The van der Waals surface area contributed by atoms with Crippen molar-refractivity contribution in [2.45, 2.75) is 30.2 Å². The Morgan fingerprint density at radius 2 is 1.69 bits per heavy atom. The highest BCUT2D eigenvalue weighted by Gasteiger charge is 2.58. The number of amides is 2. The number of carbonyl (C=O) groups excluding carboxylic acids is 2. The Hall–Kier alpha value is -2.21. The number of thioether (sulfide) groups is 1. The molecule has 0 radical (unpaired) electrons. The van der Waals surface area contributed by atoms with Crippen LogP contribution >= 0.6 is 11.8 Å². The molecule has 132 valence electrons. The molecule has 0 bridgehead atoms. The zero-order valence-electron chi connectivity index (χ0n) is 14.5. The third kappa shape index (κ3) is 2.39. The fraction of sp³-hybridized carbons (Fsp3) is 0.400. The van der Waals surface area contributed by atoms with Crippen LogP contribution < -0.4 is 0 Å². The summed E-state index contributed by atoms with van der Waals surface area (Å²) in [7, 11) is 0. The molecule has 5 nitrogen and oxygen atoms in total. The minimum absolute atomic E-state index is 0.0304. The van der Waals surface area contributed by atoms with Gasteiger partial charge in [-0.15, -0.1) is 11.8 Å². The third-order valence-corrected chi connectivity index (χ3v) is 6.74. The molecule has 5 rings (SSSR count). The van der Waals surface area contributed by atoms with E-state index in [1.54, 1.807) is 23.9 Å². The van der Waals surface area contributed by atoms with Crippen molar-refractivity contribution in [3.63, 3.8) is 0 Å². The van der Waals surface area contributed by atoms with E-state index in [0.717, 1.165) is 30.0 Å². The van der Waals surface area contributed by atoms with Crippen LogP contribution in [0, 0.1) is 17.8 Å². The van der Waals surface area contributed by atoms with E-state index in [0.29, 0.717) is 28.9 Å². The fourth-order valence-corrected chi connectivity index (χ4v) is 5.03. The lowest BCUT2D eigenvalue weighted by atomic mass is 9.97. The molecule has 2 heterocycles. The summed E-state index contributed by atoms with van der Waals surface area (Å²) in [4.78, 5) is 37.1. The summed E-state index contributed by atoms with van der Waals surface area (Å²) in [6.45, 7) is 0. The summed E-state index contributed by atoms with van der Waals surface area (Å²) >= 11 is 1.63. The number of hydrogen-bond acceptors (Lipinski definition) is 5. The van der Waals surface area contributed by atoms with Gasteiger partial charge in [0.1, 0.15) is 5.82 Å². The molecule has 4 atom stereocenters. The van der Waals surface area contributed by atoms with Crippen LogP contribution in [0.2, 0.25) is 0 Å². The van der Waals surface area contributed by atoms with E-state index in [4.69, 9.17) is 0 Å². The molecule has 26 heavy (non-hydrogen) atoms. The zero-order valence-corrected chi connectivity index (χ0v) is 15.3. The van der Waals surface area contributed by atoms with Crippen molar-refractivity contribution in [2.75, 3.05) is 6.26 Å². The normalized spacial score (nSPS) is 29.0. The van der Waals surface area contributed by atoms with Crippen LogP contribution in [-0.4, -0.2) is 39.0 Å². The van der Waals surface area contributed by atoms with E-state index in [-0.39, 0.29) is 17.9 Å². The number of hydrogen-bond donors (Lipinski definition) is 0. The summed E-state index contributed by atoms with van der Waals surface area (Å²) in [6.07, 6.45) is 8.55. The Morgan fingerprint density at radius 1 is 1.04 bits per heavy atom. The first kappa shape index (κ1) is 16.0. The van der Waals surface area contributed by atoms with Gasteiger partial charge in [0, 0.05) is 29.8 Å². The summed E-state index contributed by atoms with van der Waals surface area (Å²) < 4.78 is 0. The lowest BCUT2D eigenvalue weighted by Gasteiger charge is -2.25. The second-order valence-electron chi connectivity index (χ2n) is 7.40. The Morgan fingerprint density at radius 3 is 2.31 bits per heavy atom. The average Bonchev–Trinajstić information content (AvgIpc) is 3.34. The number of nitrogens with zero attached hydrogens (tertiary/aromatic N) is 3. The van der Waals surface area contributed by atoms with Crippen molar-refractivity contribution in [1.29, 1.82) is 0 Å². The number of rotatable bonds is 4. The molecule has 2 aromatic rings. The van der Waals surface area contributed by atoms with Crippen LogP contribution in [0.15, 0.2) is 41.6 Å². The Bertz CT molecular complexity index is 863. The number of aromatic nitrogens is 2. The van der Waals surface area contributed by atoms with Gasteiger partial charge in [0.15, 0.2) is 0 Å². The van der Waals surface area contributed by atoms with Gasteiger partial charge in [-0.05, 0) is 49.0 Å². The predicted octanol–water partition coefficient (Wildman–Crippen LogP) is 3.06. The van der Waals surface area contributed by atoms with Gasteiger partial charge >= 0.3 is 0 Å². The van der Waals surface area contributed by atoms with Crippen LogP contribution in [0.25, 0.3) is 0 Å². The topological polar surface area (TPSA) is 63.2 Å². The van der Waals surface area contributed by atoms with E-state index >= 15 is 0 Å². The molecule has 1 aliphatic heterocycles. The van der Waals surface area contributed by atoms with Crippen molar-refractivity contribution in [3.05, 3.63) is 53.6 Å². The monoisotopic (exact) mass is 365 g/mol. The lowest BCUT2D eigenvalue weighted by molar-refractivity contribution is 0.0564. The summed E-state index contributed by atoms with van der Waals surface area (Å²) in [5.41, 5.74) is 1.10. The first-order valence-electron chi connectivity index (χ1n) is 8.99. The maximum Gasteiger partial charge on any atom is 0.261 e. The molecule has 1 aromatic heterocycles. The molecular formula is C20H19N3O2S. The van der Waals surface area contributed by atoms with Crippen molar-refractivity contribution < 1.29 is 9.59 Å². The number of imide groups is 1. The van der Waals surface area contributed by atoms with Gasteiger partial charge in [-0.25, -0.2) is 9.97 Å². The number of carbonyl (C=O) groups is 2. The SMILES string of the molecule is CSc1cnc(C[C@@H]2C[C@@H](N3C(=O)c4ccccc4C3=O)[C@H]3C[C@@H]23)nc1. The Labute approximate surface area is 156 Å². The van der Waals surface area contributed by atoms with Crippen LogP contribution in [0.5, 0.6) is 0 Å². The van der Waals surface area contributed by atoms with Crippen molar-refractivity contribution in [1.82, 2.24) is 14.9 Å². The van der Waals surface area contributed by atoms with Gasteiger partial charge in [-0.1, -0.05) is 12.1 Å². The predicted molar refractivity (Wildman–Crippen MR) is 98.0 cm³/mol. The smallest absolute Gasteiger partial charge is 0.261 e. The molecule has 2 fully saturated rings. The molecule has 6 heteroatoms. The molecule has 0 N–H and O–H groups in total. The maximum atomic E-state index is 12.8. The van der Waals surface area contributed by atoms with E-state index in [2.05, 4.69) is 9.97 Å². The molecule has 3 aliphatic rings. The molecule has 2 amide bonds. The standard InChI is InChI=1S/C20H19N3O2S/c1-26-12-9-21-18(22-10-12)7-11-6-17(16-8-15(11)16)23-19(24)13-4-2-3-5-14(13)20(23)25/h2-5,9-11,15-17H,6-8H2,1H3/t11-,15-,16-,17+/m0/s1. The van der Waals surface area contributed by atoms with E-state index in [1.165, 1.54) is 4.90 Å². The minimum Gasteiger partial charge on any atom is -0.271 e. The maximum absolute atomic E-state index is 12.8. The second-order valence-corrected chi connectivity index (χ2v) is 8.28. The number of fused-ring (bicyclic) bond motifs is 2. The van der Waals surface area contributed by atoms with E-state index < -0.39 is 0 Å². The van der Waals surface area contributed by atoms with Gasteiger partial charge in [0.2, 0.25) is 0 Å². The lowest BCUT2D eigenvalue weighted by Crippen LogP contribution is -2.40. The van der Waals surface area contributed by atoms with Gasteiger partial charge in [-0.2, -0.15) is 0 Å². The van der Waals surface area contributed by atoms with Crippen molar-refractivity contribution in [3.8, 4) is 0 Å². The zero-order chi connectivity index (χ0) is 17.8. The highest BCUT2D eigenvalue weighted by Crippen LogP contribution is 2.58. The summed E-state index contributed by atoms with van der Waals surface area (Å²) in [6, 6.07) is 7.19. The average molecular weight is 365 g/mol. The molecule has 0 saturated heterocycles. The molecule has 1 aromatic carbocycles. The molecule has 0 spiro atoms.